The van der Waals surface area contributed by atoms with Gasteiger partial charge in [-0.3, -0.25) is 4.79 Å². The molecule has 0 aliphatic carbocycles. The maximum Gasteiger partial charge on any atom is 0.217 e. The van der Waals surface area contributed by atoms with Gasteiger partial charge in [0.2, 0.25) is 5.91 Å². The van der Waals surface area contributed by atoms with Gasteiger partial charge >= 0.3 is 0 Å². The second-order valence-corrected chi connectivity index (χ2v) is 5.57. The predicted octanol–water partition coefficient (Wildman–Crippen LogP) is -2.10. The number of nitrogens with one attached hydrogen (secondary N) is 1. The van der Waals surface area contributed by atoms with Crippen LogP contribution >= 0.6 is 7.37 Å². The summed E-state index contributed by atoms with van der Waals surface area (Å²) < 4.78 is 10.7. The molecule has 0 aliphatic heterocycles. The molecule has 14 heavy (non-hydrogen) atoms. The van der Waals surface area contributed by atoms with Crippen molar-refractivity contribution in [1.29, 1.82) is 0 Å². The molecule has 2 atom stereocenters. The molecule has 2 unspecified atom stereocenters. The first kappa shape index (κ1) is 13.1. The summed E-state index contributed by atoms with van der Waals surface area (Å²) in [6.45, 7) is 2.17. The maximum absolute atomic E-state index is 10.7. The van der Waals surface area contributed by atoms with Crippen molar-refractivity contribution >= 4 is 19.2 Å². The molecule has 0 heterocycles. The van der Waals surface area contributed by atoms with Crippen LogP contribution in [0.3, 0.4) is 0 Å². The molecule has 0 radical (unpaired) electrons. The summed E-state index contributed by atoms with van der Waals surface area (Å²) in [5.74, 6) is -2.01. The Morgan fingerprint density at radius 3 is 2.29 bits per heavy atom. The monoisotopic (exact) mass is 221 g/mol. The normalized spacial score (nSPS) is 16.8. The molecule has 0 aromatic heterocycles. The van der Waals surface area contributed by atoms with E-state index in [2.05, 4.69) is 5.32 Å². The highest BCUT2D eigenvalue weighted by Crippen LogP contribution is 2.30. The smallest absolute Gasteiger partial charge is 0.217 e. The summed E-state index contributed by atoms with van der Waals surface area (Å²) in [6.07, 6.45) is -0.439. The molecule has 6 nitrogen and oxygen atoms in total. The summed E-state index contributed by atoms with van der Waals surface area (Å²) in [5, 5.41) is 12.5. The fraction of sp³-hybridized carbons (Fsp3) is 0.714. The average Bonchev–Trinajstić information content (AvgIpc) is 1.94. The van der Waals surface area contributed by atoms with Crippen LogP contribution in [0.25, 0.3) is 0 Å². The molecule has 0 saturated heterocycles. The third kappa shape index (κ3) is 6.62. The van der Waals surface area contributed by atoms with E-state index >= 15 is 0 Å². The quantitative estimate of drug-likeness (QED) is 0.535. The molecule has 0 aromatic rings. The molecule has 1 N–H and O–H groups in total. The number of hydrogen-bond acceptors (Lipinski definition) is 5. The van der Waals surface area contributed by atoms with E-state index in [0.717, 1.165) is 13.6 Å². The van der Waals surface area contributed by atoms with E-state index in [4.69, 9.17) is 0 Å². The molecular weight excluding hydrogens is 209 g/mol. The Labute approximate surface area is 81.8 Å². The third-order valence-electron chi connectivity index (χ3n) is 1.49. The lowest BCUT2D eigenvalue weighted by Crippen LogP contribution is -2.47. The molecular formula is C7H12NO5P-2. The number of aliphatic carboxylic acids is 1. The van der Waals surface area contributed by atoms with E-state index < -0.39 is 25.3 Å². The number of carboxylic acid groups (broad SMARTS) is 1. The van der Waals surface area contributed by atoms with Crippen molar-refractivity contribution in [3.05, 3.63) is 0 Å². The van der Waals surface area contributed by atoms with E-state index in [1.807, 2.05) is 0 Å². The fourth-order valence-electron chi connectivity index (χ4n) is 0.858. The van der Waals surface area contributed by atoms with Crippen LogP contribution < -0.4 is 15.3 Å². The number of rotatable bonds is 5. The SMILES string of the molecule is CC(=O)NC(CCP(C)(=O)[O-])C(=O)[O-]. The first-order valence-electron chi connectivity index (χ1n) is 3.98. The summed E-state index contributed by atoms with van der Waals surface area (Å²) in [6, 6.07) is -1.24. The van der Waals surface area contributed by atoms with Crippen molar-refractivity contribution in [2.24, 2.45) is 0 Å². The van der Waals surface area contributed by atoms with Gasteiger partial charge in [-0.25, -0.2) is 0 Å². The lowest BCUT2D eigenvalue weighted by atomic mass is 10.2. The van der Waals surface area contributed by atoms with E-state index in [0.29, 0.717) is 0 Å². The highest BCUT2D eigenvalue weighted by atomic mass is 31.2. The van der Waals surface area contributed by atoms with Crippen LogP contribution in [0.15, 0.2) is 0 Å². The van der Waals surface area contributed by atoms with Gasteiger partial charge in [0.05, 0.1) is 12.0 Å². The van der Waals surface area contributed by atoms with Crippen LogP contribution in [0.5, 0.6) is 0 Å². The van der Waals surface area contributed by atoms with Gasteiger partial charge in [0, 0.05) is 14.3 Å². The summed E-state index contributed by atoms with van der Waals surface area (Å²) in [4.78, 5) is 31.7. The second-order valence-electron chi connectivity index (χ2n) is 3.10. The Morgan fingerprint density at radius 2 is 2.00 bits per heavy atom. The Bertz CT molecular complexity index is 271. The van der Waals surface area contributed by atoms with Crippen molar-refractivity contribution in [3.8, 4) is 0 Å². The Kier molecular flexibility index (Phi) is 4.80. The summed E-state index contributed by atoms with van der Waals surface area (Å²) in [5.41, 5.74) is 0. The first-order chi connectivity index (χ1) is 6.22. The molecule has 0 rings (SSSR count). The summed E-state index contributed by atoms with van der Waals surface area (Å²) >= 11 is 0. The second kappa shape index (κ2) is 5.12. The van der Waals surface area contributed by atoms with Crippen molar-refractivity contribution in [1.82, 2.24) is 5.32 Å². The molecule has 7 heteroatoms. The minimum Gasteiger partial charge on any atom is -0.799 e. The summed E-state index contributed by atoms with van der Waals surface area (Å²) in [7, 11) is -3.50. The zero-order valence-corrected chi connectivity index (χ0v) is 8.87. The van der Waals surface area contributed by atoms with Gasteiger partial charge in [-0.2, -0.15) is 0 Å². The molecule has 0 saturated carbocycles. The molecule has 82 valence electrons. The molecule has 0 aliphatic rings. The van der Waals surface area contributed by atoms with Gasteiger partial charge in [-0.15, -0.1) is 0 Å². The Hall–Kier alpha value is -0.870. The lowest BCUT2D eigenvalue weighted by molar-refractivity contribution is -0.308. The molecule has 0 spiro atoms. The van der Waals surface area contributed by atoms with Crippen LogP contribution in [-0.2, 0) is 14.2 Å². The minimum atomic E-state index is -3.50. The van der Waals surface area contributed by atoms with E-state index in [-0.39, 0.29) is 12.6 Å². The Morgan fingerprint density at radius 1 is 1.50 bits per heavy atom. The number of carbonyl (C=O) groups is 2. The standard InChI is InChI=1S/C7H14NO5P/c1-5(9)8-6(7(10)11)3-4-14(2,12)13/h6H,3-4H2,1-2H3,(H,8,9)(H,10,11)(H,12,13)/p-2. The predicted molar refractivity (Wildman–Crippen MR) is 45.6 cm³/mol. The van der Waals surface area contributed by atoms with E-state index in [1.165, 1.54) is 0 Å². The maximum atomic E-state index is 10.7. The highest BCUT2D eigenvalue weighted by Gasteiger charge is 2.12. The van der Waals surface area contributed by atoms with Gasteiger partial charge < -0.3 is 24.7 Å². The van der Waals surface area contributed by atoms with Crippen LogP contribution in [-0.4, -0.2) is 30.7 Å². The molecule has 0 bridgehead atoms. The van der Waals surface area contributed by atoms with Gasteiger partial charge in [0.15, 0.2) is 0 Å². The van der Waals surface area contributed by atoms with Crippen molar-refractivity contribution in [3.63, 3.8) is 0 Å². The van der Waals surface area contributed by atoms with Crippen LogP contribution in [0.4, 0.5) is 0 Å². The zero-order valence-electron chi connectivity index (χ0n) is 7.98. The average molecular weight is 221 g/mol. The molecule has 0 aromatic carbocycles. The molecule has 0 fully saturated rings. The number of hydrogen-bond donors (Lipinski definition) is 1. The van der Waals surface area contributed by atoms with Gasteiger partial charge in [0.25, 0.3) is 0 Å². The fourth-order valence-corrected chi connectivity index (χ4v) is 1.59. The van der Waals surface area contributed by atoms with Crippen molar-refractivity contribution < 1.29 is 24.2 Å². The zero-order chi connectivity index (χ0) is 11.4. The topological polar surface area (TPSA) is 109 Å². The number of carbonyl (C=O) groups excluding carboxylic acids is 2. The first-order valence-corrected chi connectivity index (χ1v) is 6.23. The van der Waals surface area contributed by atoms with Gasteiger partial charge in [0.1, 0.15) is 0 Å². The minimum absolute atomic E-state index is 0.167. The number of carboxylic acids is 1. The number of amides is 1. The van der Waals surface area contributed by atoms with Crippen molar-refractivity contribution in [2.45, 2.75) is 19.4 Å². The lowest BCUT2D eigenvalue weighted by Gasteiger charge is -2.23. The van der Waals surface area contributed by atoms with Crippen LogP contribution in [0.2, 0.25) is 0 Å². The van der Waals surface area contributed by atoms with Crippen LogP contribution in [0.1, 0.15) is 13.3 Å². The van der Waals surface area contributed by atoms with Gasteiger partial charge in [-0.05, 0) is 19.2 Å². The van der Waals surface area contributed by atoms with Crippen LogP contribution in [0, 0.1) is 0 Å². The highest BCUT2D eigenvalue weighted by molar-refractivity contribution is 7.55. The Balaban J connectivity index is 4.18. The van der Waals surface area contributed by atoms with Crippen molar-refractivity contribution in [2.75, 3.05) is 12.8 Å². The molecule has 1 amide bonds. The largest absolute Gasteiger partial charge is 0.799 e. The van der Waals surface area contributed by atoms with E-state index in [1.54, 1.807) is 0 Å². The van der Waals surface area contributed by atoms with Gasteiger partial charge in [-0.1, -0.05) is 0 Å². The van der Waals surface area contributed by atoms with E-state index in [9.17, 15) is 24.2 Å². The third-order valence-corrected chi connectivity index (χ3v) is 2.56.